The van der Waals surface area contributed by atoms with Gasteiger partial charge in [-0.1, -0.05) is 365 Å². The van der Waals surface area contributed by atoms with Gasteiger partial charge in [-0.05, 0) is 135 Å². The maximum absolute atomic E-state index is 12.8. The van der Waals surface area contributed by atoms with Crippen LogP contribution < -0.4 is 0 Å². The summed E-state index contributed by atoms with van der Waals surface area (Å²) in [5, 5.41) is 0. The lowest BCUT2D eigenvalue weighted by Crippen LogP contribution is -2.30. The molecule has 0 aliphatic rings. The van der Waals surface area contributed by atoms with Crippen LogP contribution in [0.5, 0.6) is 0 Å². The third-order valence-electron chi connectivity index (χ3n) is 19.8. The lowest BCUT2D eigenvalue weighted by atomic mass is 10.1. The molecule has 0 aromatic carbocycles. The van der Waals surface area contributed by atoms with E-state index in [-0.39, 0.29) is 62.2 Å². The Labute approximate surface area is 666 Å². The molecule has 0 aromatic rings. The first-order chi connectivity index (χ1) is 53.1. The van der Waals surface area contributed by atoms with Crippen LogP contribution in [0.1, 0.15) is 465 Å². The van der Waals surface area contributed by atoms with Crippen molar-refractivity contribution in [2.45, 2.75) is 478 Å². The van der Waals surface area contributed by atoms with Crippen LogP contribution in [0.3, 0.4) is 0 Å². The Hall–Kier alpha value is -4.74. The molecule has 0 amide bonds. The predicted molar refractivity (Wildman–Crippen MR) is 457 cm³/mol. The van der Waals surface area contributed by atoms with Gasteiger partial charge < -0.3 is 28.4 Å². The van der Waals surface area contributed by atoms with E-state index in [1.54, 1.807) is 0 Å². The molecule has 12 nitrogen and oxygen atoms in total. The van der Waals surface area contributed by atoms with Gasteiger partial charge in [-0.15, -0.1) is 0 Å². The molecule has 0 aromatic heterocycles. The summed E-state index contributed by atoms with van der Waals surface area (Å²) < 4.78 is 33.3. The topological polar surface area (TPSA) is 158 Å². The van der Waals surface area contributed by atoms with E-state index in [0.29, 0.717) is 38.5 Å². The van der Waals surface area contributed by atoms with Gasteiger partial charge in [-0.3, -0.25) is 28.8 Å². The van der Waals surface area contributed by atoms with Crippen LogP contribution in [0.4, 0.5) is 0 Å². The molecule has 0 bridgehead atoms. The maximum Gasteiger partial charge on any atom is 0.306 e. The van der Waals surface area contributed by atoms with Gasteiger partial charge in [0.1, 0.15) is 26.4 Å². The molecule has 108 heavy (non-hydrogen) atoms. The largest absolute Gasteiger partial charge is 0.462 e. The van der Waals surface area contributed by atoms with Crippen molar-refractivity contribution in [1.82, 2.24) is 0 Å². The Morgan fingerprint density at radius 2 is 0.333 bits per heavy atom. The van der Waals surface area contributed by atoms with E-state index < -0.39 is 12.2 Å². The van der Waals surface area contributed by atoms with E-state index in [2.05, 4.69) is 114 Å². The number of allylic oxidation sites excluding steroid dienone is 12. The van der Waals surface area contributed by atoms with Gasteiger partial charge in [0.05, 0.1) is 0 Å². The molecule has 0 N–H and O–H groups in total. The van der Waals surface area contributed by atoms with Gasteiger partial charge >= 0.3 is 35.8 Å². The van der Waals surface area contributed by atoms with Crippen molar-refractivity contribution in [1.29, 1.82) is 0 Å². The van der Waals surface area contributed by atoms with Gasteiger partial charge in [0, 0.05) is 38.5 Å². The van der Waals surface area contributed by atoms with E-state index in [9.17, 15) is 28.8 Å². The average Bonchev–Trinajstić information content (AvgIpc) is 0.958. The quantitative estimate of drug-likeness (QED) is 0.0246. The molecule has 628 valence electrons. The number of carbonyl (C=O) groups is 6. The molecule has 0 saturated carbocycles. The first-order valence-electron chi connectivity index (χ1n) is 46.0. The summed E-state index contributed by atoms with van der Waals surface area (Å²) in [6.45, 7) is 13.1. The lowest BCUT2D eigenvalue weighted by molar-refractivity contribution is -0.167. The first kappa shape index (κ1) is 105. The number of hydrogen-bond acceptors (Lipinski definition) is 12. The minimum atomic E-state index is -0.794. The van der Waals surface area contributed by atoms with Crippen molar-refractivity contribution in [2.24, 2.45) is 0 Å². The normalized spacial score (nSPS) is 11.8. The summed E-state index contributed by atoms with van der Waals surface area (Å²) in [5.74, 6) is -1.80. The number of carbonyl (C=O) groups excluding carboxylic acids is 6. The van der Waals surface area contributed by atoms with E-state index in [1.165, 1.54) is 193 Å². The number of ether oxygens (including phenoxy) is 6. The van der Waals surface area contributed by atoms with Crippen molar-refractivity contribution < 1.29 is 57.2 Å². The summed E-state index contributed by atoms with van der Waals surface area (Å²) >= 11 is 0. The minimum absolute atomic E-state index is 0.0644. The van der Waals surface area contributed by atoms with Gasteiger partial charge in [0.25, 0.3) is 0 Å². The van der Waals surface area contributed by atoms with Gasteiger partial charge in [-0.25, -0.2) is 0 Å². The zero-order valence-electron chi connectivity index (χ0n) is 71.5. The molecule has 0 aliphatic carbocycles. The first-order valence-corrected chi connectivity index (χ1v) is 46.0. The molecule has 0 unspecified atom stereocenters. The summed E-state index contributed by atoms with van der Waals surface area (Å²) in [7, 11) is 0. The van der Waals surface area contributed by atoms with Crippen LogP contribution in [-0.2, 0) is 57.2 Å². The molecule has 0 aliphatic heterocycles. The van der Waals surface area contributed by atoms with Gasteiger partial charge in [0.2, 0.25) is 0 Å². The molecule has 0 fully saturated rings. The van der Waals surface area contributed by atoms with Gasteiger partial charge in [-0.2, -0.15) is 0 Å². The summed E-state index contributed by atoms with van der Waals surface area (Å²) in [4.78, 5) is 75.3. The molecule has 0 spiro atoms. The monoisotopic (exact) mass is 1520 g/mol. The summed E-state index contributed by atoms with van der Waals surface area (Å²) in [6.07, 6.45) is 96.8. The fourth-order valence-electron chi connectivity index (χ4n) is 12.7. The maximum atomic E-state index is 12.8. The summed E-state index contributed by atoms with van der Waals surface area (Å²) in [6, 6.07) is 0. The molecule has 12 heteroatoms. The van der Waals surface area contributed by atoms with E-state index in [0.717, 1.165) is 193 Å². The van der Waals surface area contributed by atoms with Crippen molar-refractivity contribution >= 4 is 35.8 Å². The number of hydrogen-bond donors (Lipinski definition) is 0. The molecular formula is C96H172O12. The molecule has 0 saturated heterocycles. The Balaban J connectivity index is 0. The second-order valence-corrected chi connectivity index (χ2v) is 30.6. The zero-order chi connectivity index (χ0) is 78.8. The van der Waals surface area contributed by atoms with Crippen molar-refractivity contribution in [2.75, 3.05) is 26.4 Å². The van der Waals surface area contributed by atoms with E-state index in [4.69, 9.17) is 28.4 Å². The smallest absolute Gasteiger partial charge is 0.306 e. The highest BCUT2D eigenvalue weighted by atomic mass is 16.6. The highest BCUT2D eigenvalue weighted by Crippen LogP contribution is 2.18. The molecule has 0 radical (unpaired) electrons. The standard InChI is InChI=1S/C57H98O6.C39H74O6/c1-4-7-10-13-16-19-22-25-28-31-34-37-40-43-46-49-55(58)61-52-54(63-57(60)51-48-45-42-39-36-33-30-27-24-21-18-15-12-9-6-3)53-62-56(59)50-47-44-41-38-35-32-29-26-23-20-17-14-11-8-5-2;1-4-7-10-13-16-19-22-25-28-31-37(40)43-34-36(45-39(42)33-30-27-24-21-18-15-12-9-6-3)35-44-38(41)32-29-26-23-20-17-14-11-8-5-2/h16-21,25-30,54H,4-15,22-24,31-53H2,1-3H3;36H,4-35H2,1-3H3/b19-16-,20-17-,21-18-,28-25-,29-26-,30-27-;. The average molecular weight is 1520 g/mol. The fraction of sp³-hybridized carbons (Fsp3) is 0.812. The van der Waals surface area contributed by atoms with Crippen molar-refractivity contribution in [3.63, 3.8) is 0 Å². The van der Waals surface area contributed by atoms with Crippen molar-refractivity contribution in [3.05, 3.63) is 72.9 Å². The van der Waals surface area contributed by atoms with Crippen molar-refractivity contribution in [3.8, 4) is 0 Å². The SMILES string of the molecule is CCCCC/C=C\C/C=C\CCCCCCCC(=O)OCC(COC(=O)CCCCCCC/C=C\C/C=C\CCCCC)OC(=O)CCCCCCC/C=C\C/C=C\CCCCC.CCCCCCCCCCCC(=O)OCC(COC(=O)CCCCCCCCCCC)OC(=O)CCCCCCCCCCC. The van der Waals surface area contributed by atoms with E-state index >= 15 is 0 Å². The lowest BCUT2D eigenvalue weighted by Gasteiger charge is -2.18. The van der Waals surface area contributed by atoms with Crippen LogP contribution in [0.2, 0.25) is 0 Å². The molecule has 0 rings (SSSR count). The molecular weight excluding hydrogens is 1350 g/mol. The fourth-order valence-corrected chi connectivity index (χ4v) is 12.7. The Morgan fingerprint density at radius 1 is 0.185 bits per heavy atom. The third kappa shape index (κ3) is 88.5. The minimum Gasteiger partial charge on any atom is -0.462 e. The number of unbranched alkanes of at least 4 members (excludes halogenated alkanes) is 48. The molecule has 0 atom stereocenters. The van der Waals surface area contributed by atoms with Crippen LogP contribution in [-0.4, -0.2) is 74.5 Å². The van der Waals surface area contributed by atoms with Crippen LogP contribution in [0, 0.1) is 0 Å². The zero-order valence-corrected chi connectivity index (χ0v) is 71.5. The Kier molecular flexibility index (Phi) is 88.9. The van der Waals surface area contributed by atoms with Crippen LogP contribution >= 0.6 is 0 Å². The Morgan fingerprint density at radius 3 is 0.528 bits per heavy atom. The highest BCUT2D eigenvalue weighted by molar-refractivity contribution is 5.72. The van der Waals surface area contributed by atoms with Crippen LogP contribution in [0.25, 0.3) is 0 Å². The predicted octanol–water partition coefficient (Wildman–Crippen LogP) is 29.2. The number of rotatable bonds is 82. The second kappa shape index (κ2) is 91.1. The highest BCUT2D eigenvalue weighted by Gasteiger charge is 2.22. The van der Waals surface area contributed by atoms with Crippen LogP contribution in [0.15, 0.2) is 72.9 Å². The summed E-state index contributed by atoms with van der Waals surface area (Å²) in [5.41, 5.74) is 0. The van der Waals surface area contributed by atoms with E-state index in [1.807, 2.05) is 0 Å². The Bertz CT molecular complexity index is 2040. The van der Waals surface area contributed by atoms with Gasteiger partial charge in [0.15, 0.2) is 12.2 Å². The third-order valence-corrected chi connectivity index (χ3v) is 19.8. The second-order valence-electron chi connectivity index (χ2n) is 30.6. The molecule has 0 heterocycles. The number of esters is 6.